The lowest BCUT2D eigenvalue weighted by atomic mass is 10.2. The Labute approximate surface area is 69.2 Å². The first kappa shape index (κ1) is 6.68. The predicted molar refractivity (Wildman–Crippen MR) is 45.8 cm³/mol. The van der Waals surface area contributed by atoms with Crippen LogP contribution in [0, 0.1) is 6.92 Å². The maximum atomic E-state index is 5.89. The second-order valence-corrected chi connectivity index (χ2v) is 2.89. The summed E-state index contributed by atoms with van der Waals surface area (Å²) in [6, 6.07) is 5.76. The number of hydrogen-bond acceptors (Lipinski definition) is 1. The number of fused-ring (bicyclic) bond motifs is 1. The maximum Gasteiger partial charge on any atom is 0.111 e. The van der Waals surface area contributed by atoms with E-state index in [1.54, 1.807) is 0 Å². The van der Waals surface area contributed by atoms with Gasteiger partial charge in [-0.25, -0.2) is 0 Å². The van der Waals surface area contributed by atoms with Crippen molar-refractivity contribution in [3.63, 3.8) is 0 Å². The molecule has 0 aliphatic heterocycles. The largest absolute Gasteiger partial charge is 0.282 e. The molecule has 0 spiro atoms. The Bertz CT molecular complexity index is 392. The SMILES string of the molecule is Cc1[nH]nc2c(Cl)cccc12. The van der Waals surface area contributed by atoms with Crippen molar-refractivity contribution < 1.29 is 0 Å². The average Bonchev–Trinajstić information content (AvgIpc) is 2.35. The van der Waals surface area contributed by atoms with Gasteiger partial charge in [0.25, 0.3) is 0 Å². The highest BCUT2D eigenvalue weighted by molar-refractivity contribution is 6.35. The third kappa shape index (κ3) is 0.906. The molecule has 3 heteroatoms. The van der Waals surface area contributed by atoms with Crippen LogP contribution in [0.25, 0.3) is 10.9 Å². The van der Waals surface area contributed by atoms with Crippen LogP contribution in [0.2, 0.25) is 5.02 Å². The molecule has 2 nitrogen and oxygen atoms in total. The molecule has 0 radical (unpaired) electrons. The third-order valence-electron chi connectivity index (χ3n) is 1.73. The summed E-state index contributed by atoms with van der Waals surface area (Å²) in [6.07, 6.45) is 0. The molecule has 1 aromatic heterocycles. The minimum atomic E-state index is 0.701. The Morgan fingerprint density at radius 2 is 2.27 bits per heavy atom. The van der Waals surface area contributed by atoms with Crippen LogP contribution in [0.15, 0.2) is 18.2 Å². The maximum absolute atomic E-state index is 5.89. The standard InChI is InChI=1S/C8H7ClN2/c1-5-6-3-2-4-7(9)8(6)11-10-5/h2-4H,1H3,(H,10,11). The van der Waals surface area contributed by atoms with Crippen LogP contribution in [0.4, 0.5) is 0 Å². The van der Waals surface area contributed by atoms with E-state index in [0.717, 1.165) is 16.6 Å². The molecule has 0 aliphatic carbocycles. The third-order valence-corrected chi connectivity index (χ3v) is 2.03. The molecule has 11 heavy (non-hydrogen) atoms. The fourth-order valence-corrected chi connectivity index (χ4v) is 1.35. The first-order valence-corrected chi connectivity index (χ1v) is 3.76. The summed E-state index contributed by atoms with van der Waals surface area (Å²) in [5.41, 5.74) is 1.91. The second kappa shape index (κ2) is 2.24. The van der Waals surface area contributed by atoms with E-state index in [1.165, 1.54) is 0 Å². The summed E-state index contributed by atoms with van der Waals surface area (Å²) in [5, 5.41) is 8.74. The normalized spacial score (nSPS) is 10.7. The average molecular weight is 167 g/mol. The second-order valence-electron chi connectivity index (χ2n) is 2.48. The molecule has 56 valence electrons. The zero-order valence-electron chi connectivity index (χ0n) is 6.06. The number of rotatable bonds is 0. The van der Waals surface area contributed by atoms with Gasteiger partial charge >= 0.3 is 0 Å². The highest BCUT2D eigenvalue weighted by Crippen LogP contribution is 2.22. The zero-order chi connectivity index (χ0) is 7.84. The van der Waals surface area contributed by atoms with Crippen molar-refractivity contribution in [2.45, 2.75) is 6.92 Å². The van der Waals surface area contributed by atoms with E-state index in [-0.39, 0.29) is 0 Å². The highest BCUT2D eigenvalue weighted by atomic mass is 35.5. The van der Waals surface area contributed by atoms with Crippen LogP contribution in [0.5, 0.6) is 0 Å². The van der Waals surface area contributed by atoms with Gasteiger partial charge in [0, 0.05) is 11.1 Å². The number of nitrogens with one attached hydrogen (secondary N) is 1. The van der Waals surface area contributed by atoms with E-state index in [0.29, 0.717) is 5.02 Å². The van der Waals surface area contributed by atoms with Crippen LogP contribution in [0.1, 0.15) is 5.69 Å². The van der Waals surface area contributed by atoms with Gasteiger partial charge in [0.1, 0.15) is 5.52 Å². The minimum absolute atomic E-state index is 0.701. The van der Waals surface area contributed by atoms with E-state index in [2.05, 4.69) is 10.2 Å². The Morgan fingerprint density at radius 3 is 3.00 bits per heavy atom. The predicted octanol–water partition coefficient (Wildman–Crippen LogP) is 2.52. The van der Waals surface area contributed by atoms with E-state index in [9.17, 15) is 0 Å². The van der Waals surface area contributed by atoms with Gasteiger partial charge in [0.2, 0.25) is 0 Å². The van der Waals surface area contributed by atoms with Crippen molar-refractivity contribution >= 4 is 22.5 Å². The molecule has 0 unspecified atom stereocenters. The fourth-order valence-electron chi connectivity index (χ4n) is 1.13. The number of aromatic amines is 1. The van der Waals surface area contributed by atoms with Crippen molar-refractivity contribution in [2.75, 3.05) is 0 Å². The van der Waals surface area contributed by atoms with Gasteiger partial charge in [-0.2, -0.15) is 5.10 Å². The van der Waals surface area contributed by atoms with Crippen molar-refractivity contribution in [1.29, 1.82) is 0 Å². The molecule has 0 bridgehead atoms. The van der Waals surface area contributed by atoms with E-state index in [4.69, 9.17) is 11.6 Å². The molecule has 0 saturated carbocycles. The summed E-state index contributed by atoms with van der Waals surface area (Å²) >= 11 is 5.89. The van der Waals surface area contributed by atoms with Crippen molar-refractivity contribution in [1.82, 2.24) is 10.2 Å². The van der Waals surface area contributed by atoms with Crippen molar-refractivity contribution in [3.8, 4) is 0 Å². The molecule has 0 amide bonds. The lowest BCUT2D eigenvalue weighted by Gasteiger charge is -1.89. The van der Waals surface area contributed by atoms with Gasteiger partial charge in [-0.3, -0.25) is 5.10 Å². The molecular weight excluding hydrogens is 160 g/mol. The Balaban J connectivity index is 2.94. The lowest BCUT2D eigenvalue weighted by Crippen LogP contribution is -1.69. The molecule has 0 aliphatic rings. The van der Waals surface area contributed by atoms with Gasteiger partial charge in [0.05, 0.1) is 5.02 Å². The number of H-pyrrole nitrogens is 1. The number of aromatic nitrogens is 2. The van der Waals surface area contributed by atoms with Gasteiger partial charge < -0.3 is 0 Å². The molecule has 1 heterocycles. The minimum Gasteiger partial charge on any atom is -0.282 e. The Kier molecular flexibility index (Phi) is 1.36. The zero-order valence-corrected chi connectivity index (χ0v) is 6.81. The van der Waals surface area contributed by atoms with Crippen LogP contribution >= 0.6 is 11.6 Å². The topological polar surface area (TPSA) is 28.7 Å². The van der Waals surface area contributed by atoms with Gasteiger partial charge in [-0.15, -0.1) is 0 Å². The molecule has 0 atom stereocenters. The fraction of sp³-hybridized carbons (Fsp3) is 0.125. The first-order valence-electron chi connectivity index (χ1n) is 3.38. The summed E-state index contributed by atoms with van der Waals surface area (Å²) in [6.45, 7) is 1.98. The quantitative estimate of drug-likeness (QED) is 0.640. The van der Waals surface area contributed by atoms with E-state index >= 15 is 0 Å². The van der Waals surface area contributed by atoms with Crippen LogP contribution in [-0.2, 0) is 0 Å². The Morgan fingerprint density at radius 1 is 1.45 bits per heavy atom. The summed E-state index contributed by atoms with van der Waals surface area (Å²) < 4.78 is 0. The molecule has 2 rings (SSSR count). The van der Waals surface area contributed by atoms with Crippen LogP contribution < -0.4 is 0 Å². The van der Waals surface area contributed by atoms with Gasteiger partial charge in [-0.1, -0.05) is 23.7 Å². The monoisotopic (exact) mass is 166 g/mol. The van der Waals surface area contributed by atoms with Crippen LogP contribution in [0.3, 0.4) is 0 Å². The highest BCUT2D eigenvalue weighted by Gasteiger charge is 2.02. The number of halogens is 1. The summed E-state index contributed by atoms with van der Waals surface area (Å²) in [5.74, 6) is 0. The van der Waals surface area contributed by atoms with Gasteiger partial charge in [0.15, 0.2) is 0 Å². The summed E-state index contributed by atoms with van der Waals surface area (Å²) in [4.78, 5) is 0. The van der Waals surface area contributed by atoms with Crippen molar-refractivity contribution in [3.05, 3.63) is 28.9 Å². The Hall–Kier alpha value is -1.02. The first-order chi connectivity index (χ1) is 5.29. The number of hydrogen-bond donors (Lipinski definition) is 1. The number of nitrogens with zero attached hydrogens (tertiary/aromatic N) is 1. The summed E-state index contributed by atoms with van der Waals surface area (Å²) in [7, 11) is 0. The molecule has 0 saturated heterocycles. The van der Waals surface area contributed by atoms with Gasteiger partial charge in [-0.05, 0) is 13.0 Å². The number of benzene rings is 1. The molecule has 0 fully saturated rings. The molecule has 2 aromatic rings. The lowest BCUT2D eigenvalue weighted by molar-refractivity contribution is 1.07. The van der Waals surface area contributed by atoms with Crippen LogP contribution in [-0.4, -0.2) is 10.2 Å². The smallest absolute Gasteiger partial charge is 0.111 e. The van der Waals surface area contributed by atoms with Crippen molar-refractivity contribution in [2.24, 2.45) is 0 Å². The molecule has 1 aromatic carbocycles. The number of para-hydroxylation sites is 1. The molecular formula is C8H7ClN2. The van der Waals surface area contributed by atoms with E-state index in [1.807, 2.05) is 25.1 Å². The molecule has 1 N–H and O–H groups in total. The van der Waals surface area contributed by atoms with E-state index < -0.39 is 0 Å². The number of aryl methyl sites for hydroxylation is 1.